The van der Waals surface area contributed by atoms with Crippen molar-refractivity contribution >= 4 is 83.5 Å². The minimum Gasteiger partial charge on any atom is -0.456 e. The fourth-order valence-corrected chi connectivity index (χ4v) is 9.51. The smallest absolute Gasteiger partial charge is 0.235 e. The number of para-hydroxylation sites is 4. The van der Waals surface area contributed by atoms with Gasteiger partial charge in [-0.25, -0.2) is 9.97 Å². The number of nitrogens with zero attached hydrogens (tertiary/aromatic N) is 4. The van der Waals surface area contributed by atoms with E-state index < -0.39 is 0 Å². The minimum atomic E-state index is 0.659. The van der Waals surface area contributed by atoms with Crippen molar-refractivity contribution in [1.29, 1.82) is 0 Å². The molecule has 4 heterocycles. The second-order valence-corrected chi connectivity index (χ2v) is 15.3. The first-order chi connectivity index (χ1) is 27.7. The number of anilines is 3. The van der Waals surface area contributed by atoms with Gasteiger partial charge in [0, 0.05) is 48.0 Å². The molecular weight excluding hydrogens is 705 g/mol. The van der Waals surface area contributed by atoms with E-state index in [4.69, 9.17) is 14.4 Å². The summed E-state index contributed by atoms with van der Waals surface area (Å²) >= 11 is 1.82. The average molecular weight is 735 g/mol. The zero-order valence-electron chi connectivity index (χ0n) is 29.9. The highest BCUT2D eigenvalue weighted by Gasteiger charge is 2.26. The molecule has 0 N–H and O–H groups in total. The monoisotopic (exact) mass is 734 g/mol. The predicted octanol–water partition coefficient (Wildman–Crippen LogP) is 13.9. The molecule has 262 valence electrons. The van der Waals surface area contributed by atoms with Crippen molar-refractivity contribution in [3.8, 4) is 28.3 Å². The topological polar surface area (TPSA) is 47.1 Å². The van der Waals surface area contributed by atoms with Gasteiger partial charge in [-0.1, -0.05) is 121 Å². The Bertz CT molecular complexity index is 3370. The van der Waals surface area contributed by atoms with Crippen LogP contribution in [0.4, 0.5) is 17.1 Å². The molecule has 0 atom stereocenters. The molecule has 0 spiro atoms. The van der Waals surface area contributed by atoms with Crippen molar-refractivity contribution in [2.75, 3.05) is 4.90 Å². The number of hydrogen-bond donors (Lipinski definition) is 0. The lowest BCUT2D eigenvalue weighted by molar-refractivity contribution is 0.669. The number of fused-ring (bicyclic) bond motifs is 9. The van der Waals surface area contributed by atoms with Gasteiger partial charge in [-0.15, -0.1) is 0 Å². The van der Waals surface area contributed by atoms with Crippen LogP contribution in [0.5, 0.6) is 0 Å². The number of furan rings is 1. The van der Waals surface area contributed by atoms with Crippen molar-refractivity contribution in [2.24, 2.45) is 0 Å². The molecule has 0 saturated heterocycles. The van der Waals surface area contributed by atoms with E-state index >= 15 is 0 Å². The number of rotatable bonds is 4. The lowest BCUT2D eigenvalue weighted by Crippen LogP contribution is -2.14. The molecule has 0 fully saturated rings. The van der Waals surface area contributed by atoms with Gasteiger partial charge in [0.15, 0.2) is 0 Å². The summed E-state index contributed by atoms with van der Waals surface area (Å²) in [5.74, 6) is 0.659. The third-order valence-electron chi connectivity index (χ3n) is 11.0. The van der Waals surface area contributed by atoms with Crippen molar-refractivity contribution in [2.45, 2.75) is 9.79 Å². The third kappa shape index (κ3) is 4.76. The fraction of sp³-hybridized carbons (Fsp3) is 0. The molecule has 12 rings (SSSR count). The molecule has 0 unspecified atom stereocenters. The minimum absolute atomic E-state index is 0.659. The summed E-state index contributed by atoms with van der Waals surface area (Å²) in [6.45, 7) is 0. The van der Waals surface area contributed by atoms with Gasteiger partial charge in [-0.3, -0.25) is 4.57 Å². The Hall–Kier alpha value is -7.15. The molecule has 1 aliphatic heterocycles. The summed E-state index contributed by atoms with van der Waals surface area (Å²) in [7, 11) is 0. The summed E-state index contributed by atoms with van der Waals surface area (Å²) in [6.07, 6.45) is 0. The second kappa shape index (κ2) is 12.2. The van der Waals surface area contributed by atoms with Crippen LogP contribution in [0, 0.1) is 0 Å². The van der Waals surface area contributed by atoms with Crippen LogP contribution in [-0.2, 0) is 0 Å². The van der Waals surface area contributed by atoms with Crippen LogP contribution < -0.4 is 4.90 Å². The number of hydrogen-bond acceptors (Lipinski definition) is 5. The standard InChI is InChI=1S/C50H30N4OS/c1-2-12-31(13-3-1)49-37-16-4-7-17-40(37)51-50(52-49)54-41-18-8-5-14-35(41)38-28-32(22-25-42(38)54)33-23-26-44-48(29-33)56-47-21-11-9-19-43(47)53(44)34-24-27-46-39(30-34)36-15-6-10-20-45(36)55-46/h1-30H. The Morgan fingerprint density at radius 3 is 2.05 bits per heavy atom. The van der Waals surface area contributed by atoms with Gasteiger partial charge in [0.1, 0.15) is 11.2 Å². The molecule has 11 aromatic rings. The molecule has 0 aliphatic carbocycles. The van der Waals surface area contributed by atoms with Crippen molar-refractivity contribution in [3.05, 3.63) is 182 Å². The SMILES string of the molecule is c1ccc(-c2nc(-n3c4ccccc4c4cc(-c5ccc6c(c5)Sc5ccccc5N6c5ccc6oc7ccccc7c6c5)ccc43)nc3ccccc23)cc1. The molecule has 0 saturated carbocycles. The zero-order valence-corrected chi connectivity index (χ0v) is 30.7. The summed E-state index contributed by atoms with van der Waals surface area (Å²) < 4.78 is 8.40. The lowest BCUT2D eigenvalue weighted by atomic mass is 10.0. The highest BCUT2D eigenvalue weighted by atomic mass is 32.2. The van der Waals surface area contributed by atoms with Gasteiger partial charge in [-0.2, -0.15) is 0 Å². The number of aromatic nitrogens is 3. The molecule has 0 amide bonds. The number of benzene rings is 8. The normalized spacial score (nSPS) is 12.5. The summed E-state index contributed by atoms with van der Waals surface area (Å²) in [5.41, 5.74) is 12.6. The van der Waals surface area contributed by atoms with Gasteiger partial charge in [0.2, 0.25) is 5.95 Å². The maximum atomic E-state index is 6.19. The van der Waals surface area contributed by atoms with E-state index in [1.165, 1.54) is 21.0 Å². The summed E-state index contributed by atoms with van der Waals surface area (Å²) in [6, 6.07) is 64.3. The first kappa shape index (κ1) is 31.2. The van der Waals surface area contributed by atoms with E-state index in [0.717, 1.165) is 82.8 Å². The van der Waals surface area contributed by atoms with Crippen LogP contribution in [0.1, 0.15) is 0 Å². The Labute approximate surface area is 326 Å². The van der Waals surface area contributed by atoms with Gasteiger partial charge in [-0.05, 0) is 83.9 Å². The van der Waals surface area contributed by atoms with Gasteiger partial charge in [0.05, 0.1) is 33.6 Å². The lowest BCUT2D eigenvalue weighted by Gasteiger charge is -2.33. The second-order valence-electron chi connectivity index (χ2n) is 14.2. The summed E-state index contributed by atoms with van der Waals surface area (Å²) in [5, 5.41) is 5.60. The van der Waals surface area contributed by atoms with Crippen molar-refractivity contribution in [3.63, 3.8) is 0 Å². The van der Waals surface area contributed by atoms with Crippen LogP contribution in [0.3, 0.4) is 0 Å². The molecule has 0 radical (unpaired) electrons. The summed E-state index contributed by atoms with van der Waals surface area (Å²) in [4.78, 5) is 15.2. The third-order valence-corrected chi connectivity index (χ3v) is 12.1. The van der Waals surface area contributed by atoms with Crippen LogP contribution >= 0.6 is 11.8 Å². The highest BCUT2D eigenvalue weighted by molar-refractivity contribution is 7.99. The zero-order chi connectivity index (χ0) is 36.7. The molecule has 5 nitrogen and oxygen atoms in total. The van der Waals surface area contributed by atoms with Gasteiger partial charge in [0.25, 0.3) is 0 Å². The molecular formula is C50H30N4OS. The maximum absolute atomic E-state index is 6.19. The molecule has 3 aromatic heterocycles. The maximum Gasteiger partial charge on any atom is 0.235 e. The Morgan fingerprint density at radius 2 is 1.12 bits per heavy atom. The fourth-order valence-electron chi connectivity index (χ4n) is 8.42. The highest BCUT2D eigenvalue weighted by Crippen LogP contribution is 2.53. The quantitative estimate of drug-likeness (QED) is 0.180. The van der Waals surface area contributed by atoms with Gasteiger partial charge >= 0.3 is 0 Å². The van der Waals surface area contributed by atoms with Crippen LogP contribution in [-0.4, -0.2) is 14.5 Å². The molecule has 1 aliphatic rings. The van der Waals surface area contributed by atoms with E-state index in [2.05, 4.69) is 167 Å². The van der Waals surface area contributed by atoms with Gasteiger partial charge < -0.3 is 9.32 Å². The largest absolute Gasteiger partial charge is 0.456 e. The van der Waals surface area contributed by atoms with E-state index in [1.54, 1.807) is 0 Å². The van der Waals surface area contributed by atoms with E-state index in [9.17, 15) is 0 Å². The molecule has 0 bridgehead atoms. The van der Waals surface area contributed by atoms with E-state index in [0.29, 0.717) is 5.95 Å². The van der Waals surface area contributed by atoms with E-state index in [1.807, 2.05) is 36.0 Å². The van der Waals surface area contributed by atoms with Crippen LogP contribution in [0.15, 0.2) is 196 Å². The first-order valence-electron chi connectivity index (χ1n) is 18.7. The van der Waals surface area contributed by atoms with Crippen LogP contribution in [0.2, 0.25) is 0 Å². The van der Waals surface area contributed by atoms with Crippen molar-refractivity contribution < 1.29 is 4.42 Å². The van der Waals surface area contributed by atoms with Crippen molar-refractivity contribution in [1.82, 2.24) is 14.5 Å². The van der Waals surface area contributed by atoms with E-state index in [-0.39, 0.29) is 0 Å². The first-order valence-corrected chi connectivity index (χ1v) is 19.6. The Balaban J connectivity index is 1.000. The Morgan fingerprint density at radius 1 is 0.429 bits per heavy atom. The average Bonchev–Trinajstić information content (AvgIpc) is 3.80. The predicted molar refractivity (Wildman–Crippen MR) is 231 cm³/mol. The molecule has 8 aromatic carbocycles. The van der Waals surface area contributed by atoms with Crippen LogP contribution in [0.25, 0.3) is 83.0 Å². The molecule has 56 heavy (non-hydrogen) atoms. The Kier molecular flexibility index (Phi) is 6.79. The molecule has 6 heteroatoms.